The molecule has 0 spiro atoms. The van der Waals surface area contributed by atoms with Crippen LogP contribution in [0.1, 0.15) is 18.5 Å². The highest BCUT2D eigenvalue weighted by atomic mass is 32.1. The molecule has 21 heavy (non-hydrogen) atoms. The second-order valence-corrected chi connectivity index (χ2v) is 5.40. The summed E-state index contributed by atoms with van der Waals surface area (Å²) in [4.78, 5) is 12.3. The zero-order valence-corrected chi connectivity index (χ0v) is 12.1. The zero-order chi connectivity index (χ0) is 14.7. The molecule has 0 aliphatic rings. The Morgan fingerprint density at radius 3 is 2.81 bits per heavy atom. The van der Waals surface area contributed by atoms with E-state index in [0.717, 1.165) is 16.4 Å². The average molecular weight is 300 g/mol. The van der Waals surface area contributed by atoms with Gasteiger partial charge >= 0.3 is 0 Å². The molecule has 1 atom stereocenters. The summed E-state index contributed by atoms with van der Waals surface area (Å²) < 4.78 is 13.7. The van der Waals surface area contributed by atoms with E-state index < -0.39 is 0 Å². The predicted octanol–water partition coefficient (Wildman–Crippen LogP) is 3.91. The second kappa shape index (κ2) is 5.97. The first-order valence-electron chi connectivity index (χ1n) is 6.46. The molecule has 3 rings (SSSR count). The van der Waals surface area contributed by atoms with Gasteiger partial charge in [-0.2, -0.15) is 0 Å². The maximum Gasteiger partial charge on any atom is 0.183 e. The maximum absolute atomic E-state index is 13.7. The van der Waals surface area contributed by atoms with Crippen molar-refractivity contribution < 1.29 is 4.39 Å². The molecule has 0 amide bonds. The van der Waals surface area contributed by atoms with Crippen molar-refractivity contribution in [2.45, 2.75) is 13.0 Å². The molecule has 3 aromatic rings. The van der Waals surface area contributed by atoms with Gasteiger partial charge in [-0.3, -0.25) is 9.97 Å². The van der Waals surface area contributed by atoms with Crippen LogP contribution < -0.4 is 5.32 Å². The third kappa shape index (κ3) is 3.05. The molecule has 1 unspecified atom stereocenters. The average Bonchev–Trinajstić information content (AvgIpc) is 2.97. The molecular weight excluding hydrogens is 287 g/mol. The monoisotopic (exact) mass is 300 g/mol. The molecule has 1 N–H and O–H groups in total. The summed E-state index contributed by atoms with van der Waals surface area (Å²) in [5, 5.41) is 5.91. The molecule has 106 valence electrons. The lowest BCUT2D eigenvalue weighted by Crippen LogP contribution is -2.08. The highest BCUT2D eigenvalue weighted by Crippen LogP contribution is 2.27. The van der Waals surface area contributed by atoms with E-state index in [1.54, 1.807) is 24.7 Å². The SMILES string of the molecule is CC(Nc1nc(-c2cccnc2)cs1)c1ccncc1F. The van der Waals surface area contributed by atoms with Crippen LogP contribution in [0.2, 0.25) is 0 Å². The number of halogens is 1. The third-order valence-electron chi connectivity index (χ3n) is 3.07. The maximum atomic E-state index is 13.7. The fourth-order valence-electron chi connectivity index (χ4n) is 1.99. The minimum absolute atomic E-state index is 0.180. The highest BCUT2D eigenvalue weighted by Gasteiger charge is 2.12. The van der Waals surface area contributed by atoms with Crippen LogP contribution in [0.4, 0.5) is 9.52 Å². The van der Waals surface area contributed by atoms with E-state index in [0.29, 0.717) is 5.56 Å². The molecule has 0 radical (unpaired) electrons. The Labute approximate surface area is 125 Å². The van der Waals surface area contributed by atoms with E-state index in [-0.39, 0.29) is 11.9 Å². The van der Waals surface area contributed by atoms with E-state index in [1.807, 2.05) is 24.4 Å². The van der Waals surface area contributed by atoms with Crippen LogP contribution in [0.3, 0.4) is 0 Å². The molecule has 4 nitrogen and oxygen atoms in total. The van der Waals surface area contributed by atoms with E-state index in [1.165, 1.54) is 17.5 Å². The Morgan fingerprint density at radius 2 is 2.05 bits per heavy atom. The molecule has 0 fully saturated rings. The molecule has 0 saturated carbocycles. The summed E-state index contributed by atoms with van der Waals surface area (Å²) in [7, 11) is 0. The lowest BCUT2D eigenvalue weighted by Gasteiger charge is -2.13. The second-order valence-electron chi connectivity index (χ2n) is 4.54. The number of hydrogen-bond donors (Lipinski definition) is 1. The van der Waals surface area contributed by atoms with E-state index in [4.69, 9.17) is 0 Å². The first kappa shape index (κ1) is 13.6. The minimum Gasteiger partial charge on any atom is -0.355 e. The van der Waals surface area contributed by atoms with Gasteiger partial charge in [-0.15, -0.1) is 11.3 Å². The lowest BCUT2D eigenvalue weighted by atomic mass is 10.1. The number of nitrogens with one attached hydrogen (secondary N) is 1. The van der Waals surface area contributed by atoms with Crippen LogP contribution in [-0.2, 0) is 0 Å². The van der Waals surface area contributed by atoms with Crippen molar-refractivity contribution in [3.63, 3.8) is 0 Å². The number of pyridine rings is 2. The van der Waals surface area contributed by atoms with Crippen molar-refractivity contribution in [2.75, 3.05) is 5.32 Å². The number of anilines is 1. The van der Waals surface area contributed by atoms with E-state index in [9.17, 15) is 4.39 Å². The molecule has 3 heterocycles. The Balaban J connectivity index is 1.77. The van der Waals surface area contributed by atoms with Crippen molar-refractivity contribution in [3.05, 3.63) is 59.7 Å². The van der Waals surface area contributed by atoms with E-state index >= 15 is 0 Å². The molecule has 0 aliphatic heterocycles. The van der Waals surface area contributed by atoms with Crippen LogP contribution in [0.5, 0.6) is 0 Å². The van der Waals surface area contributed by atoms with Crippen molar-refractivity contribution in [1.82, 2.24) is 15.0 Å². The number of rotatable bonds is 4. The van der Waals surface area contributed by atoms with Gasteiger partial charge in [-0.1, -0.05) is 0 Å². The third-order valence-corrected chi connectivity index (χ3v) is 3.85. The Morgan fingerprint density at radius 1 is 1.19 bits per heavy atom. The van der Waals surface area contributed by atoms with Crippen LogP contribution in [0.25, 0.3) is 11.3 Å². The van der Waals surface area contributed by atoms with Crippen LogP contribution in [0.15, 0.2) is 48.4 Å². The predicted molar refractivity (Wildman–Crippen MR) is 81.6 cm³/mol. The van der Waals surface area contributed by atoms with Gasteiger partial charge in [0.25, 0.3) is 0 Å². The molecule has 0 saturated heterocycles. The molecule has 0 bridgehead atoms. The molecule has 3 aromatic heterocycles. The Kier molecular flexibility index (Phi) is 3.87. The molecule has 0 aliphatic carbocycles. The van der Waals surface area contributed by atoms with Gasteiger partial charge in [-0.05, 0) is 25.1 Å². The summed E-state index contributed by atoms with van der Waals surface area (Å²) in [6, 6.07) is 5.32. The molecular formula is C15H13FN4S. The largest absolute Gasteiger partial charge is 0.355 e. The molecule has 6 heteroatoms. The van der Waals surface area contributed by atoms with Crippen LogP contribution in [0, 0.1) is 5.82 Å². The van der Waals surface area contributed by atoms with Crippen LogP contribution in [-0.4, -0.2) is 15.0 Å². The lowest BCUT2D eigenvalue weighted by molar-refractivity contribution is 0.594. The fraction of sp³-hybridized carbons (Fsp3) is 0.133. The first-order valence-corrected chi connectivity index (χ1v) is 7.34. The summed E-state index contributed by atoms with van der Waals surface area (Å²) in [5.41, 5.74) is 2.39. The zero-order valence-electron chi connectivity index (χ0n) is 11.3. The normalized spacial score (nSPS) is 12.1. The van der Waals surface area contributed by atoms with Crippen molar-refractivity contribution in [1.29, 1.82) is 0 Å². The van der Waals surface area contributed by atoms with E-state index in [2.05, 4.69) is 20.3 Å². The van der Waals surface area contributed by atoms with Gasteiger partial charge in [-0.25, -0.2) is 9.37 Å². The number of nitrogens with zero attached hydrogens (tertiary/aromatic N) is 3. The number of hydrogen-bond acceptors (Lipinski definition) is 5. The summed E-state index contributed by atoms with van der Waals surface area (Å²) in [6.07, 6.45) is 6.30. The van der Waals surface area contributed by atoms with Gasteiger partial charge in [0.2, 0.25) is 0 Å². The van der Waals surface area contributed by atoms with Gasteiger partial charge in [0.15, 0.2) is 5.13 Å². The summed E-state index contributed by atoms with van der Waals surface area (Å²) in [5.74, 6) is -0.318. The van der Waals surface area contributed by atoms with Crippen LogP contribution >= 0.6 is 11.3 Å². The number of aromatic nitrogens is 3. The van der Waals surface area contributed by atoms with Crippen molar-refractivity contribution >= 4 is 16.5 Å². The van der Waals surface area contributed by atoms with Crippen molar-refractivity contribution in [2.24, 2.45) is 0 Å². The van der Waals surface area contributed by atoms with Gasteiger partial charge in [0, 0.05) is 35.1 Å². The van der Waals surface area contributed by atoms with Gasteiger partial charge in [0.05, 0.1) is 17.9 Å². The smallest absolute Gasteiger partial charge is 0.183 e. The minimum atomic E-state index is -0.318. The quantitative estimate of drug-likeness (QED) is 0.793. The first-order chi connectivity index (χ1) is 10.2. The fourth-order valence-corrected chi connectivity index (χ4v) is 2.79. The van der Waals surface area contributed by atoms with Crippen molar-refractivity contribution in [3.8, 4) is 11.3 Å². The topological polar surface area (TPSA) is 50.7 Å². The number of thiazole rings is 1. The summed E-state index contributed by atoms with van der Waals surface area (Å²) >= 11 is 1.49. The Bertz CT molecular complexity index is 729. The standard InChI is InChI=1S/C15H13FN4S/c1-10(12-4-6-18-8-13(12)16)19-15-20-14(9-21-15)11-3-2-5-17-7-11/h2-10H,1H3,(H,19,20). The molecule has 0 aromatic carbocycles. The highest BCUT2D eigenvalue weighted by molar-refractivity contribution is 7.14. The van der Waals surface area contributed by atoms with Gasteiger partial charge in [0.1, 0.15) is 5.82 Å². The Hall–Kier alpha value is -2.34. The summed E-state index contributed by atoms with van der Waals surface area (Å²) in [6.45, 7) is 1.89. The van der Waals surface area contributed by atoms with Gasteiger partial charge < -0.3 is 5.32 Å².